The van der Waals surface area contributed by atoms with Crippen LogP contribution in [0.3, 0.4) is 0 Å². The Morgan fingerprint density at radius 3 is 2.83 bits per heavy atom. The number of rotatable bonds is 10. The van der Waals surface area contributed by atoms with Gasteiger partial charge in [0.05, 0.1) is 32.1 Å². The molecule has 6 nitrogen and oxygen atoms in total. The van der Waals surface area contributed by atoms with Crippen molar-refractivity contribution in [3.63, 3.8) is 0 Å². The number of nitrogens with one attached hydrogen (secondary N) is 2. The van der Waals surface area contributed by atoms with Crippen molar-refractivity contribution in [3.05, 3.63) is 24.2 Å². The van der Waals surface area contributed by atoms with Gasteiger partial charge >= 0.3 is 0 Å². The summed E-state index contributed by atoms with van der Waals surface area (Å²) in [5.74, 6) is 2.48. The van der Waals surface area contributed by atoms with Crippen LogP contribution in [0.15, 0.2) is 27.8 Å². The SMILES string of the molecule is COCCN=C(NCCc1ccco1)NC(COC)C1CC1.I. The lowest BCUT2D eigenvalue weighted by Crippen LogP contribution is -2.47. The number of halogens is 1. The van der Waals surface area contributed by atoms with Gasteiger partial charge in [-0.05, 0) is 30.9 Å². The summed E-state index contributed by atoms with van der Waals surface area (Å²) >= 11 is 0. The minimum Gasteiger partial charge on any atom is -0.469 e. The van der Waals surface area contributed by atoms with Gasteiger partial charge < -0.3 is 24.5 Å². The van der Waals surface area contributed by atoms with Gasteiger partial charge in [-0.2, -0.15) is 0 Å². The van der Waals surface area contributed by atoms with Crippen LogP contribution in [0.25, 0.3) is 0 Å². The molecule has 1 unspecified atom stereocenters. The Morgan fingerprint density at radius 1 is 1.39 bits per heavy atom. The molecule has 0 amide bonds. The monoisotopic (exact) mass is 437 g/mol. The number of hydrogen-bond donors (Lipinski definition) is 2. The average molecular weight is 437 g/mol. The van der Waals surface area contributed by atoms with Crippen LogP contribution in [0.4, 0.5) is 0 Å². The predicted octanol–water partition coefficient (Wildman–Crippen LogP) is 2.05. The van der Waals surface area contributed by atoms with Crippen molar-refractivity contribution in [1.82, 2.24) is 10.6 Å². The molecule has 1 fully saturated rings. The Balaban J connectivity index is 0.00000264. The normalized spacial score (nSPS) is 15.8. The first-order chi connectivity index (χ1) is 10.8. The summed E-state index contributed by atoms with van der Waals surface area (Å²) in [7, 11) is 3.42. The second-order valence-corrected chi connectivity index (χ2v) is 5.52. The zero-order chi connectivity index (χ0) is 15.6. The number of aliphatic imine (C=N–C) groups is 1. The van der Waals surface area contributed by atoms with Crippen LogP contribution in [-0.2, 0) is 15.9 Å². The Bertz CT molecular complexity index is 436. The molecule has 1 heterocycles. The van der Waals surface area contributed by atoms with Crippen LogP contribution in [-0.4, -0.2) is 52.5 Å². The molecule has 132 valence electrons. The van der Waals surface area contributed by atoms with E-state index >= 15 is 0 Å². The number of hydrogen-bond acceptors (Lipinski definition) is 4. The van der Waals surface area contributed by atoms with Crippen LogP contribution in [0.5, 0.6) is 0 Å². The van der Waals surface area contributed by atoms with E-state index in [0.29, 0.717) is 31.7 Å². The van der Waals surface area contributed by atoms with Crippen LogP contribution >= 0.6 is 24.0 Å². The number of furan rings is 1. The Labute approximate surface area is 155 Å². The highest BCUT2D eigenvalue weighted by atomic mass is 127. The molecule has 1 atom stereocenters. The Hall–Kier alpha value is -0.800. The Morgan fingerprint density at radius 2 is 2.22 bits per heavy atom. The first-order valence-corrected chi connectivity index (χ1v) is 7.88. The smallest absolute Gasteiger partial charge is 0.191 e. The lowest BCUT2D eigenvalue weighted by Gasteiger charge is -2.21. The highest BCUT2D eigenvalue weighted by molar-refractivity contribution is 14.0. The van der Waals surface area contributed by atoms with Gasteiger partial charge in [-0.15, -0.1) is 24.0 Å². The molecule has 0 aromatic carbocycles. The third kappa shape index (κ3) is 8.03. The van der Waals surface area contributed by atoms with E-state index in [0.717, 1.165) is 24.7 Å². The molecule has 1 aliphatic carbocycles. The second kappa shape index (κ2) is 11.7. The second-order valence-electron chi connectivity index (χ2n) is 5.52. The molecule has 2 rings (SSSR count). The summed E-state index contributed by atoms with van der Waals surface area (Å²) in [5, 5.41) is 6.84. The van der Waals surface area contributed by atoms with E-state index in [2.05, 4.69) is 15.6 Å². The molecular formula is C16H28IN3O3. The minimum atomic E-state index is 0. The molecule has 1 aromatic heterocycles. The van der Waals surface area contributed by atoms with Gasteiger partial charge in [0, 0.05) is 27.2 Å². The lowest BCUT2D eigenvalue weighted by molar-refractivity contribution is 0.165. The maximum atomic E-state index is 5.34. The summed E-state index contributed by atoms with van der Waals surface area (Å²) in [5.41, 5.74) is 0. The van der Waals surface area contributed by atoms with Gasteiger partial charge in [0.2, 0.25) is 0 Å². The van der Waals surface area contributed by atoms with Crippen LogP contribution < -0.4 is 10.6 Å². The van der Waals surface area contributed by atoms with E-state index < -0.39 is 0 Å². The van der Waals surface area contributed by atoms with Crippen LogP contribution in [0, 0.1) is 5.92 Å². The lowest BCUT2D eigenvalue weighted by atomic mass is 10.2. The van der Waals surface area contributed by atoms with Gasteiger partial charge in [-0.1, -0.05) is 0 Å². The maximum Gasteiger partial charge on any atom is 0.191 e. The standard InChI is InChI=1S/C16H27N3O3.HI/c1-20-11-9-18-16(17-8-7-14-4-3-10-22-14)19-15(12-21-2)13-5-6-13;/h3-4,10,13,15H,5-9,11-12H2,1-2H3,(H2,17,18,19);1H. The first kappa shape index (κ1) is 20.2. The molecule has 1 aromatic rings. The van der Waals surface area contributed by atoms with Crippen molar-refractivity contribution in [3.8, 4) is 0 Å². The molecule has 0 aliphatic heterocycles. The van der Waals surface area contributed by atoms with Crippen molar-refractivity contribution in [2.45, 2.75) is 25.3 Å². The van der Waals surface area contributed by atoms with E-state index in [-0.39, 0.29) is 24.0 Å². The summed E-state index contributed by atoms with van der Waals surface area (Å²) in [6.45, 7) is 2.73. The third-order valence-electron chi connectivity index (χ3n) is 3.67. The average Bonchev–Trinajstić information content (AvgIpc) is 3.24. The summed E-state index contributed by atoms with van der Waals surface area (Å²) in [6.07, 6.45) is 5.05. The summed E-state index contributed by atoms with van der Waals surface area (Å²) < 4.78 is 15.7. The van der Waals surface area contributed by atoms with Crippen molar-refractivity contribution >= 4 is 29.9 Å². The molecule has 0 saturated heterocycles. The first-order valence-electron chi connectivity index (χ1n) is 7.88. The van der Waals surface area contributed by atoms with E-state index in [1.165, 1.54) is 12.8 Å². The van der Waals surface area contributed by atoms with Gasteiger partial charge in [0.25, 0.3) is 0 Å². The highest BCUT2D eigenvalue weighted by Crippen LogP contribution is 2.32. The van der Waals surface area contributed by atoms with E-state index in [1.54, 1.807) is 20.5 Å². The van der Waals surface area contributed by atoms with E-state index in [9.17, 15) is 0 Å². The van der Waals surface area contributed by atoms with Gasteiger partial charge in [-0.25, -0.2) is 0 Å². The number of ether oxygens (including phenoxy) is 2. The van der Waals surface area contributed by atoms with Crippen molar-refractivity contribution in [1.29, 1.82) is 0 Å². The third-order valence-corrected chi connectivity index (χ3v) is 3.67. The molecular weight excluding hydrogens is 409 g/mol. The number of guanidine groups is 1. The maximum absolute atomic E-state index is 5.34. The topological polar surface area (TPSA) is 68.0 Å². The Kier molecular flexibility index (Phi) is 10.3. The molecule has 23 heavy (non-hydrogen) atoms. The van der Waals surface area contributed by atoms with Crippen LogP contribution in [0.1, 0.15) is 18.6 Å². The van der Waals surface area contributed by atoms with Crippen molar-refractivity contribution < 1.29 is 13.9 Å². The summed E-state index contributed by atoms with van der Waals surface area (Å²) in [6, 6.07) is 4.21. The number of nitrogens with zero attached hydrogens (tertiary/aromatic N) is 1. The summed E-state index contributed by atoms with van der Waals surface area (Å²) in [4.78, 5) is 4.55. The van der Waals surface area contributed by atoms with Crippen molar-refractivity contribution in [2.75, 3.05) is 40.5 Å². The molecule has 2 N–H and O–H groups in total. The van der Waals surface area contributed by atoms with Gasteiger partial charge in [-0.3, -0.25) is 4.99 Å². The van der Waals surface area contributed by atoms with Gasteiger partial charge in [0.1, 0.15) is 5.76 Å². The quantitative estimate of drug-likeness (QED) is 0.254. The molecule has 0 spiro atoms. The fraction of sp³-hybridized carbons (Fsp3) is 0.688. The fourth-order valence-electron chi connectivity index (χ4n) is 2.31. The van der Waals surface area contributed by atoms with Crippen LogP contribution in [0.2, 0.25) is 0 Å². The van der Waals surface area contributed by atoms with Crippen molar-refractivity contribution in [2.24, 2.45) is 10.9 Å². The molecule has 7 heteroatoms. The zero-order valence-electron chi connectivity index (χ0n) is 13.9. The molecule has 0 bridgehead atoms. The van der Waals surface area contributed by atoms with E-state index in [1.807, 2.05) is 12.1 Å². The highest BCUT2D eigenvalue weighted by Gasteiger charge is 2.31. The molecule has 1 saturated carbocycles. The minimum absolute atomic E-state index is 0. The fourth-order valence-corrected chi connectivity index (χ4v) is 2.31. The zero-order valence-corrected chi connectivity index (χ0v) is 16.2. The molecule has 1 aliphatic rings. The number of methoxy groups -OCH3 is 2. The largest absolute Gasteiger partial charge is 0.469 e. The van der Waals surface area contributed by atoms with Gasteiger partial charge in [0.15, 0.2) is 5.96 Å². The molecule has 0 radical (unpaired) electrons. The predicted molar refractivity (Wildman–Crippen MR) is 102 cm³/mol. The van der Waals surface area contributed by atoms with E-state index in [4.69, 9.17) is 13.9 Å².